The lowest BCUT2D eigenvalue weighted by atomic mass is 10.0. The number of alkyl halides is 1. The van der Waals surface area contributed by atoms with Gasteiger partial charge in [0.25, 0.3) is 0 Å². The number of hydrogen-bond acceptors (Lipinski definition) is 6. The zero-order valence-electron chi connectivity index (χ0n) is 24.8. The molecule has 2 aromatic heterocycles. The minimum Gasteiger partial charge on any atom is -0.478 e. The van der Waals surface area contributed by atoms with Gasteiger partial charge in [-0.3, -0.25) is 4.79 Å². The number of benzene rings is 3. The van der Waals surface area contributed by atoms with Gasteiger partial charge in [-0.1, -0.05) is 12.1 Å². The number of likely N-dealkylation sites (tertiary alicyclic amines) is 1. The molecule has 0 spiro atoms. The molecule has 9 nitrogen and oxygen atoms in total. The van der Waals surface area contributed by atoms with Gasteiger partial charge in [-0.05, 0) is 54.1 Å². The highest BCUT2D eigenvalue weighted by Crippen LogP contribution is 2.33. The molecule has 1 amide bonds. The third-order valence-electron chi connectivity index (χ3n) is 8.05. The van der Waals surface area contributed by atoms with Crippen LogP contribution < -0.4 is 4.74 Å². The van der Waals surface area contributed by atoms with Crippen LogP contribution in [0.2, 0.25) is 0 Å². The normalized spacial score (nSPS) is 16.0. The Labute approximate surface area is 265 Å². The predicted octanol–water partition coefficient (Wildman–Crippen LogP) is 6.00. The Morgan fingerprint density at radius 3 is 2.47 bits per heavy atom. The summed E-state index contributed by atoms with van der Waals surface area (Å²) in [4.78, 5) is 33.8. The van der Waals surface area contributed by atoms with Crippen LogP contribution in [0.1, 0.15) is 45.8 Å². The quantitative estimate of drug-likeness (QED) is 0.206. The van der Waals surface area contributed by atoms with Gasteiger partial charge in [0.2, 0.25) is 11.8 Å². The average molecular weight is 644 g/mol. The SMILES string of the molecule is CC(=O)N1CC(n2c(Cc3cc(F)c(-c4cccc(OCc5ccc(C#N)cc5F)n4)cc3F)nc3ccc(C(=O)O)cc32)[C@H](F)C1. The molecule has 6 rings (SSSR count). The number of carboxylic acid groups (broad SMARTS) is 1. The van der Waals surface area contributed by atoms with E-state index in [4.69, 9.17) is 10.00 Å². The number of fused-ring (bicyclic) bond motifs is 1. The maximum atomic E-state index is 15.6. The first-order valence-electron chi connectivity index (χ1n) is 14.4. The third kappa shape index (κ3) is 6.22. The van der Waals surface area contributed by atoms with Crippen LogP contribution in [0.5, 0.6) is 5.88 Å². The second-order valence-electron chi connectivity index (χ2n) is 11.1. The molecule has 5 aromatic rings. The predicted molar refractivity (Wildman–Crippen MR) is 161 cm³/mol. The molecule has 238 valence electrons. The van der Waals surface area contributed by atoms with Crippen LogP contribution in [-0.2, 0) is 17.8 Å². The number of amides is 1. The third-order valence-corrected chi connectivity index (χ3v) is 8.05. The van der Waals surface area contributed by atoms with E-state index >= 15 is 13.2 Å². The molecule has 1 unspecified atom stereocenters. The van der Waals surface area contributed by atoms with Gasteiger partial charge in [-0.25, -0.2) is 32.3 Å². The Morgan fingerprint density at radius 1 is 0.979 bits per heavy atom. The van der Waals surface area contributed by atoms with E-state index in [9.17, 15) is 19.1 Å². The van der Waals surface area contributed by atoms with Gasteiger partial charge in [0.15, 0.2) is 0 Å². The molecule has 2 atom stereocenters. The lowest BCUT2D eigenvalue weighted by Crippen LogP contribution is -2.26. The number of imidazole rings is 1. The largest absolute Gasteiger partial charge is 0.478 e. The fourth-order valence-corrected chi connectivity index (χ4v) is 5.64. The molecule has 13 heteroatoms. The minimum atomic E-state index is -1.51. The van der Waals surface area contributed by atoms with E-state index in [2.05, 4.69) is 9.97 Å². The number of nitrogens with zero attached hydrogens (tertiary/aromatic N) is 5. The van der Waals surface area contributed by atoms with E-state index in [1.54, 1.807) is 0 Å². The maximum absolute atomic E-state index is 15.6. The second kappa shape index (κ2) is 12.6. The zero-order chi connectivity index (χ0) is 33.4. The Hall–Kier alpha value is -5.77. The number of hydrogen-bond donors (Lipinski definition) is 1. The number of halogens is 4. The van der Waals surface area contributed by atoms with Crippen molar-refractivity contribution in [1.82, 2.24) is 19.4 Å². The van der Waals surface area contributed by atoms with Gasteiger partial charge >= 0.3 is 5.97 Å². The van der Waals surface area contributed by atoms with Crippen molar-refractivity contribution in [2.75, 3.05) is 13.1 Å². The zero-order valence-corrected chi connectivity index (χ0v) is 24.8. The minimum absolute atomic E-state index is 0.00998. The number of aromatic carboxylic acids is 1. The summed E-state index contributed by atoms with van der Waals surface area (Å²) in [5.41, 5.74) is 0.670. The number of carbonyl (C=O) groups excluding carboxylic acids is 1. The van der Waals surface area contributed by atoms with E-state index in [0.29, 0.717) is 5.52 Å². The highest BCUT2D eigenvalue weighted by Gasteiger charge is 2.37. The van der Waals surface area contributed by atoms with Crippen LogP contribution in [0.3, 0.4) is 0 Å². The summed E-state index contributed by atoms with van der Waals surface area (Å²) < 4.78 is 67.8. The van der Waals surface area contributed by atoms with E-state index in [1.807, 2.05) is 6.07 Å². The summed E-state index contributed by atoms with van der Waals surface area (Å²) in [6.45, 7) is 0.914. The van der Waals surface area contributed by atoms with E-state index < -0.39 is 35.6 Å². The van der Waals surface area contributed by atoms with E-state index in [-0.39, 0.29) is 82.8 Å². The monoisotopic (exact) mass is 643 g/mol. The molecule has 0 bridgehead atoms. The highest BCUT2D eigenvalue weighted by atomic mass is 19.1. The molecular formula is C34H25F4N5O4. The Kier molecular flexibility index (Phi) is 8.34. The van der Waals surface area contributed by atoms with Crippen LogP contribution >= 0.6 is 0 Å². The van der Waals surface area contributed by atoms with Crippen molar-refractivity contribution in [1.29, 1.82) is 5.26 Å². The summed E-state index contributed by atoms with van der Waals surface area (Å²) in [5.74, 6) is -3.59. The van der Waals surface area contributed by atoms with Crippen molar-refractivity contribution < 1.29 is 37.0 Å². The van der Waals surface area contributed by atoms with Crippen LogP contribution in [0.4, 0.5) is 17.6 Å². The molecule has 47 heavy (non-hydrogen) atoms. The van der Waals surface area contributed by atoms with Crippen molar-refractivity contribution in [2.24, 2.45) is 0 Å². The molecule has 0 aliphatic carbocycles. The van der Waals surface area contributed by atoms with Gasteiger partial charge < -0.3 is 19.3 Å². The number of carbonyl (C=O) groups is 2. The summed E-state index contributed by atoms with van der Waals surface area (Å²) in [7, 11) is 0. The summed E-state index contributed by atoms with van der Waals surface area (Å²) in [5, 5.41) is 18.5. The first-order valence-corrected chi connectivity index (χ1v) is 14.4. The van der Waals surface area contributed by atoms with E-state index in [1.165, 1.54) is 64.9 Å². The fourth-order valence-electron chi connectivity index (χ4n) is 5.64. The van der Waals surface area contributed by atoms with Crippen molar-refractivity contribution in [3.8, 4) is 23.2 Å². The maximum Gasteiger partial charge on any atom is 0.335 e. The van der Waals surface area contributed by atoms with Gasteiger partial charge in [0, 0.05) is 37.1 Å². The molecule has 1 aliphatic heterocycles. The van der Waals surface area contributed by atoms with Gasteiger partial charge in [0.1, 0.15) is 36.1 Å². The first-order chi connectivity index (χ1) is 22.5. The Morgan fingerprint density at radius 2 is 1.77 bits per heavy atom. The molecule has 1 saturated heterocycles. The number of nitriles is 1. The number of rotatable bonds is 8. The molecule has 3 heterocycles. The Balaban J connectivity index is 1.30. The van der Waals surface area contributed by atoms with Crippen LogP contribution in [0.25, 0.3) is 22.3 Å². The number of aromatic nitrogens is 3. The summed E-state index contributed by atoms with van der Waals surface area (Å²) in [6.07, 6.45) is -1.78. The lowest BCUT2D eigenvalue weighted by Gasteiger charge is -2.19. The van der Waals surface area contributed by atoms with Crippen molar-refractivity contribution in [2.45, 2.75) is 32.2 Å². The summed E-state index contributed by atoms with van der Waals surface area (Å²) in [6, 6.07) is 15.4. The molecule has 1 aliphatic rings. The van der Waals surface area contributed by atoms with Crippen molar-refractivity contribution in [3.05, 3.63) is 112 Å². The topological polar surface area (TPSA) is 121 Å². The van der Waals surface area contributed by atoms with Gasteiger partial charge in [-0.15, -0.1) is 0 Å². The lowest BCUT2D eigenvalue weighted by molar-refractivity contribution is -0.128. The Bertz CT molecular complexity index is 2090. The molecule has 1 fully saturated rings. The smallest absolute Gasteiger partial charge is 0.335 e. The fraction of sp³-hybridized carbons (Fsp3) is 0.206. The van der Waals surface area contributed by atoms with E-state index in [0.717, 1.165) is 18.2 Å². The van der Waals surface area contributed by atoms with Crippen molar-refractivity contribution >= 4 is 22.9 Å². The van der Waals surface area contributed by atoms with Crippen LogP contribution in [0, 0.1) is 28.8 Å². The molecule has 3 aromatic carbocycles. The van der Waals surface area contributed by atoms with Crippen LogP contribution in [0.15, 0.2) is 66.7 Å². The van der Waals surface area contributed by atoms with Crippen LogP contribution in [-0.4, -0.2) is 55.7 Å². The van der Waals surface area contributed by atoms with Gasteiger partial charge in [0.05, 0.1) is 46.5 Å². The van der Waals surface area contributed by atoms with Gasteiger partial charge in [-0.2, -0.15) is 5.26 Å². The van der Waals surface area contributed by atoms with Crippen molar-refractivity contribution in [3.63, 3.8) is 0 Å². The molecule has 0 saturated carbocycles. The average Bonchev–Trinajstić information content (AvgIpc) is 3.60. The second-order valence-corrected chi connectivity index (χ2v) is 11.1. The first kappa shape index (κ1) is 31.2. The molecular weight excluding hydrogens is 618 g/mol. The molecule has 1 N–H and O–H groups in total. The number of ether oxygens (including phenoxy) is 1. The standard InChI is InChI=1S/C34H25F4N5O4/c1-18(44)42-15-27(38)31(16-42)43-30-11-20(34(45)46)7-8-29(30)40-32(43)12-22-10-26(37)23(13-25(22)36)28-3-2-4-33(41-28)47-17-21-6-5-19(14-39)9-24(21)35/h2-11,13,27,31H,12,15-17H2,1H3,(H,45,46)/t27-,31?/m1/s1. The number of carboxylic acids is 1. The molecule has 0 radical (unpaired) electrons. The number of pyridine rings is 1. The highest BCUT2D eigenvalue weighted by molar-refractivity contribution is 5.92. The summed E-state index contributed by atoms with van der Waals surface area (Å²) >= 11 is 0.